The molecule has 0 N–H and O–H groups in total. The summed E-state index contributed by atoms with van der Waals surface area (Å²) in [5.41, 5.74) is 0.422. The predicted octanol–water partition coefficient (Wildman–Crippen LogP) is 0.812. The first kappa shape index (κ1) is 16.8. The number of nitrogens with zero attached hydrogens (tertiary/aromatic N) is 3. The minimum absolute atomic E-state index is 0.127. The Hall–Kier alpha value is -2.63. The topological polar surface area (TPSA) is 111 Å². The quantitative estimate of drug-likeness (QED) is 0.530. The molecule has 0 saturated heterocycles. The number of carbonyl (C=O) groups excluding carboxylic acids is 3. The van der Waals surface area contributed by atoms with Gasteiger partial charge in [0, 0.05) is 11.8 Å². The zero-order chi connectivity index (χ0) is 13.7. The number of amides is 1. The molecule has 0 spiro atoms. The van der Waals surface area contributed by atoms with Gasteiger partial charge in [0.25, 0.3) is 0 Å². The summed E-state index contributed by atoms with van der Waals surface area (Å²) in [6, 6.07) is 3.73. The molecular formula is C10H11N3O4. The van der Waals surface area contributed by atoms with Crippen molar-refractivity contribution >= 4 is 12.2 Å². The second-order valence-electron chi connectivity index (χ2n) is 2.46. The Morgan fingerprint density at radius 2 is 1.94 bits per heavy atom. The third-order valence-electron chi connectivity index (χ3n) is 1.49. The van der Waals surface area contributed by atoms with Gasteiger partial charge in [-0.15, -0.1) is 0 Å². The van der Waals surface area contributed by atoms with E-state index in [1.807, 2.05) is 12.1 Å². The van der Waals surface area contributed by atoms with Crippen molar-refractivity contribution in [2.45, 2.75) is 13.3 Å². The third kappa shape index (κ3) is 8.37. The molecule has 0 aromatic rings. The Labute approximate surface area is 98.5 Å². The van der Waals surface area contributed by atoms with E-state index >= 15 is 0 Å². The Balaban J connectivity index is 0. The fourth-order valence-electron chi connectivity index (χ4n) is 0.744. The van der Waals surface area contributed by atoms with Gasteiger partial charge in [-0.2, -0.15) is 20.1 Å². The van der Waals surface area contributed by atoms with Crippen LogP contribution in [0.2, 0.25) is 0 Å². The molecule has 0 bridgehead atoms. The van der Waals surface area contributed by atoms with Crippen LogP contribution < -0.4 is 0 Å². The van der Waals surface area contributed by atoms with E-state index in [0.29, 0.717) is 12.0 Å². The van der Waals surface area contributed by atoms with Gasteiger partial charge in [-0.1, -0.05) is 6.92 Å². The average Bonchev–Trinajstić information content (AvgIpc) is 2.34. The highest BCUT2D eigenvalue weighted by atomic mass is 16.5. The smallest absolute Gasteiger partial charge is 0.414 e. The lowest BCUT2D eigenvalue weighted by molar-refractivity contribution is -0.191. The first-order valence-electron chi connectivity index (χ1n) is 4.42. The van der Waals surface area contributed by atoms with E-state index in [9.17, 15) is 4.79 Å². The van der Waals surface area contributed by atoms with Crippen LogP contribution in [-0.4, -0.2) is 30.8 Å². The summed E-state index contributed by atoms with van der Waals surface area (Å²) in [5, 5.41) is 17.0. The summed E-state index contributed by atoms with van der Waals surface area (Å²) in [5.74, 6) is 0. The van der Waals surface area contributed by atoms with Crippen LogP contribution >= 0.6 is 0 Å². The van der Waals surface area contributed by atoms with Crippen molar-refractivity contribution < 1.29 is 19.1 Å². The first-order valence-corrected chi connectivity index (χ1v) is 4.42. The molecule has 0 aliphatic heterocycles. The number of carbonyl (C=O) groups is 1. The van der Waals surface area contributed by atoms with Crippen molar-refractivity contribution in [3.8, 4) is 12.1 Å². The zero-order valence-corrected chi connectivity index (χ0v) is 9.47. The van der Waals surface area contributed by atoms with E-state index in [1.165, 1.54) is 13.3 Å². The van der Waals surface area contributed by atoms with E-state index in [1.54, 1.807) is 6.92 Å². The van der Waals surface area contributed by atoms with Gasteiger partial charge in [-0.3, -0.25) is 4.90 Å². The van der Waals surface area contributed by atoms with E-state index in [2.05, 4.69) is 4.74 Å². The third-order valence-corrected chi connectivity index (χ3v) is 1.49. The van der Waals surface area contributed by atoms with Crippen LogP contribution in [0.15, 0.2) is 11.8 Å². The van der Waals surface area contributed by atoms with E-state index in [-0.39, 0.29) is 12.7 Å². The highest BCUT2D eigenvalue weighted by molar-refractivity contribution is 5.69. The summed E-state index contributed by atoms with van der Waals surface area (Å²) < 4.78 is 4.44. The largest absolute Gasteiger partial charge is 0.452 e. The molecule has 0 atom stereocenters. The number of hydrogen-bond acceptors (Lipinski definition) is 6. The van der Waals surface area contributed by atoms with Crippen LogP contribution in [0.3, 0.4) is 0 Å². The molecule has 0 saturated carbocycles. The molecule has 1 amide bonds. The maximum atomic E-state index is 11.1. The second-order valence-corrected chi connectivity index (χ2v) is 2.46. The lowest BCUT2D eigenvalue weighted by atomic mass is 10.2. The Morgan fingerprint density at radius 1 is 1.41 bits per heavy atom. The summed E-state index contributed by atoms with van der Waals surface area (Å²) in [6.45, 7) is 1.66. The molecule has 0 unspecified atom stereocenters. The predicted molar refractivity (Wildman–Crippen MR) is 53.7 cm³/mol. The van der Waals surface area contributed by atoms with Gasteiger partial charge in [-0.05, 0) is 6.42 Å². The number of nitriles is 2. The fourth-order valence-corrected chi connectivity index (χ4v) is 0.744. The maximum absolute atomic E-state index is 11.1. The summed E-state index contributed by atoms with van der Waals surface area (Å²) in [7, 11) is 1.22. The van der Waals surface area contributed by atoms with Crippen LogP contribution in [0.1, 0.15) is 13.3 Å². The Morgan fingerprint density at radius 3 is 2.24 bits per heavy atom. The van der Waals surface area contributed by atoms with Crippen molar-refractivity contribution in [3.05, 3.63) is 11.8 Å². The normalized spacial score (nSPS) is 8.59. The zero-order valence-electron chi connectivity index (χ0n) is 9.47. The van der Waals surface area contributed by atoms with Gasteiger partial charge >= 0.3 is 12.2 Å². The van der Waals surface area contributed by atoms with Crippen LogP contribution in [0.25, 0.3) is 0 Å². The number of rotatable bonds is 3. The van der Waals surface area contributed by atoms with Crippen molar-refractivity contribution in [2.24, 2.45) is 0 Å². The minimum Gasteiger partial charge on any atom is -0.452 e. The molecule has 0 radical (unpaired) electrons. The summed E-state index contributed by atoms with van der Waals surface area (Å²) >= 11 is 0. The molecule has 7 nitrogen and oxygen atoms in total. The van der Waals surface area contributed by atoms with Crippen molar-refractivity contribution in [2.75, 3.05) is 13.7 Å². The van der Waals surface area contributed by atoms with Crippen LogP contribution in [0.5, 0.6) is 0 Å². The Bertz CT molecular complexity index is 383. The first-order chi connectivity index (χ1) is 8.10. The SMILES string of the molecule is CC/C(C#N)=C/N(CC#N)C(=O)OC.O=C=O. The van der Waals surface area contributed by atoms with Crippen molar-refractivity contribution in [3.63, 3.8) is 0 Å². The van der Waals surface area contributed by atoms with Gasteiger partial charge in [-0.25, -0.2) is 4.79 Å². The lowest BCUT2D eigenvalue weighted by Gasteiger charge is -2.12. The maximum Gasteiger partial charge on any atom is 0.414 e. The average molecular weight is 237 g/mol. The fraction of sp³-hybridized carbons (Fsp3) is 0.400. The van der Waals surface area contributed by atoms with Gasteiger partial charge in [0.15, 0.2) is 0 Å². The van der Waals surface area contributed by atoms with Gasteiger partial charge < -0.3 is 4.74 Å². The number of methoxy groups -OCH3 is 1. The van der Waals surface area contributed by atoms with Crippen LogP contribution in [-0.2, 0) is 14.3 Å². The van der Waals surface area contributed by atoms with Crippen molar-refractivity contribution in [1.29, 1.82) is 10.5 Å². The minimum atomic E-state index is -0.646. The van der Waals surface area contributed by atoms with Crippen LogP contribution in [0, 0.1) is 22.7 Å². The van der Waals surface area contributed by atoms with E-state index < -0.39 is 6.09 Å². The van der Waals surface area contributed by atoms with Crippen LogP contribution in [0.4, 0.5) is 4.79 Å². The molecule has 90 valence electrons. The second kappa shape index (κ2) is 11.4. The highest BCUT2D eigenvalue weighted by Crippen LogP contribution is 2.03. The number of allylic oxidation sites excluding steroid dienone is 1. The van der Waals surface area contributed by atoms with E-state index in [0.717, 1.165) is 4.90 Å². The lowest BCUT2D eigenvalue weighted by Crippen LogP contribution is -2.26. The Kier molecular flexibility index (Phi) is 11.3. The summed E-state index contributed by atoms with van der Waals surface area (Å²) in [4.78, 5) is 28.4. The van der Waals surface area contributed by atoms with Gasteiger partial charge in [0.2, 0.25) is 0 Å². The van der Waals surface area contributed by atoms with E-state index in [4.69, 9.17) is 20.1 Å². The van der Waals surface area contributed by atoms with Crippen molar-refractivity contribution in [1.82, 2.24) is 4.90 Å². The number of ether oxygens (including phenoxy) is 1. The number of hydrogen-bond donors (Lipinski definition) is 0. The monoisotopic (exact) mass is 237 g/mol. The highest BCUT2D eigenvalue weighted by Gasteiger charge is 2.10. The molecule has 7 heteroatoms. The van der Waals surface area contributed by atoms with Gasteiger partial charge in [0.05, 0.1) is 19.2 Å². The molecular weight excluding hydrogens is 226 g/mol. The molecule has 0 fully saturated rings. The molecule has 0 heterocycles. The summed E-state index contributed by atoms with van der Waals surface area (Å²) in [6.07, 6.45) is 1.44. The molecule has 17 heavy (non-hydrogen) atoms. The molecule has 0 aliphatic carbocycles. The molecule has 0 aromatic heterocycles. The standard InChI is InChI=1S/C9H11N3O2.CO2/c1-3-8(6-11)7-12(5-4-10)9(13)14-2;2-1-3/h7H,3,5H2,1-2H3;/b8-7-;. The molecule has 0 aromatic carbocycles. The van der Waals surface area contributed by atoms with Gasteiger partial charge in [0.1, 0.15) is 6.54 Å². The molecule has 0 rings (SSSR count). The molecule has 0 aliphatic rings.